The van der Waals surface area contributed by atoms with Crippen LogP contribution < -0.4 is 0 Å². The third-order valence-corrected chi connectivity index (χ3v) is 4.05. The van der Waals surface area contributed by atoms with Gasteiger partial charge in [0.15, 0.2) is 0 Å². The molecule has 1 saturated heterocycles. The van der Waals surface area contributed by atoms with Gasteiger partial charge in [0.2, 0.25) is 0 Å². The lowest BCUT2D eigenvalue weighted by atomic mass is 10.1. The third-order valence-electron chi connectivity index (χ3n) is 3.69. The second-order valence-corrected chi connectivity index (χ2v) is 5.13. The van der Waals surface area contributed by atoms with E-state index in [0.29, 0.717) is 5.88 Å². The molecule has 3 nitrogen and oxygen atoms in total. The van der Waals surface area contributed by atoms with Gasteiger partial charge in [0.25, 0.3) is 5.91 Å². The number of hydrogen-bond acceptors (Lipinski definition) is 2. The van der Waals surface area contributed by atoms with Crippen LogP contribution in [-0.4, -0.2) is 34.3 Å². The number of aromatic nitrogens is 1. The fourth-order valence-corrected chi connectivity index (χ4v) is 3.03. The number of fused-ring (bicyclic) bond motifs is 1. The Bertz CT molecular complexity index is 609. The minimum absolute atomic E-state index is 0.0711. The van der Waals surface area contributed by atoms with Gasteiger partial charge in [-0.3, -0.25) is 9.78 Å². The van der Waals surface area contributed by atoms with Gasteiger partial charge in [0.1, 0.15) is 0 Å². The average Bonchev–Trinajstić information content (AvgIpc) is 2.94. The van der Waals surface area contributed by atoms with Gasteiger partial charge in [-0.15, -0.1) is 11.6 Å². The number of hydrogen-bond donors (Lipinski definition) is 0. The van der Waals surface area contributed by atoms with Gasteiger partial charge in [0.05, 0.1) is 5.52 Å². The zero-order valence-corrected chi connectivity index (χ0v) is 11.3. The summed E-state index contributed by atoms with van der Waals surface area (Å²) in [7, 11) is 0. The van der Waals surface area contributed by atoms with Gasteiger partial charge in [0, 0.05) is 35.6 Å². The summed E-state index contributed by atoms with van der Waals surface area (Å²) in [5, 5.41) is 0.912. The summed E-state index contributed by atoms with van der Waals surface area (Å²) in [5.74, 6) is 0.580. The Morgan fingerprint density at radius 2 is 2.26 bits per heavy atom. The van der Waals surface area contributed by atoms with Crippen LogP contribution in [0.5, 0.6) is 0 Å². The van der Waals surface area contributed by atoms with E-state index < -0.39 is 0 Å². The summed E-state index contributed by atoms with van der Waals surface area (Å²) < 4.78 is 0. The highest BCUT2D eigenvalue weighted by atomic mass is 35.5. The molecule has 1 aromatic carbocycles. The van der Waals surface area contributed by atoms with Crippen molar-refractivity contribution in [2.45, 2.75) is 18.9 Å². The summed E-state index contributed by atoms with van der Waals surface area (Å²) in [5.41, 5.74) is 1.58. The van der Waals surface area contributed by atoms with Crippen molar-refractivity contribution in [1.29, 1.82) is 0 Å². The fraction of sp³-hybridized carbons (Fsp3) is 0.333. The van der Waals surface area contributed by atoms with E-state index in [1.807, 2.05) is 35.2 Å². The number of benzene rings is 1. The summed E-state index contributed by atoms with van der Waals surface area (Å²) in [6, 6.07) is 9.66. The predicted molar refractivity (Wildman–Crippen MR) is 76.5 cm³/mol. The van der Waals surface area contributed by atoms with E-state index in [2.05, 4.69) is 4.98 Å². The molecule has 1 fully saturated rings. The van der Waals surface area contributed by atoms with Gasteiger partial charge in [-0.05, 0) is 31.0 Å². The number of alkyl halides is 1. The normalized spacial score (nSPS) is 19.0. The number of amides is 1. The van der Waals surface area contributed by atoms with Crippen molar-refractivity contribution in [3.8, 4) is 0 Å². The zero-order valence-electron chi connectivity index (χ0n) is 10.6. The Labute approximate surface area is 117 Å². The van der Waals surface area contributed by atoms with Crippen LogP contribution in [0.15, 0.2) is 36.5 Å². The Kier molecular flexibility index (Phi) is 3.38. The first-order valence-electron chi connectivity index (χ1n) is 6.52. The SMILES string of the molecule is O=C(c1cccc2ncccc12)N1CCCC1CCl. The molecule has 19 heavy (non-hydrogen) atoms. The Morgan fingerprint density at radius 3 is 3.11 bits per heavy atom. The van der Waals surface area contributed by atoms with Gasteiger partial charge < -0.3 is 4.90 Å². The highest BCUT2D eigenvalue weighted by Crippen LogP contribution is 2.24. The van der Waals surface area contributed by atoms with E-state index in [9.17, 15) is 4.79 Å². The van der Waals surface area contributed by atoms with Crippen LogP contribution in [0.2, 0.25) is 0 Å². The van der Waals surface area contributed by atoms with Crippen LogP contribution in [0.1, 0.15) is 23.2 Å². The first-order valence-corrected chi connectivity index (χ1v) is 7.05. The first kappa shape index (κ1) is 12.4. The molecular weight excluding hydrogens is 260 g/mol. The van der Waals surface area contributed by atoms with E-state index in [-0.39, 0.29) is 11.9 Å². The Morgan fingerprint density at radius 1 is 1.37 bits per heavy atom. The van der Waals surface area contributed by atoms with Gasteiger partial charge in [-0.1, -0.05) is 12.1 Å². The van der Waals surface area contributed by atoms with Gasteiger partial charge in [-0.2, -0.15) is 0 Å². The molecule has 2 aromatic rings. The lowest BCUT2D eigenvalue weighted by molar-refractivity contribution is 0.0751. The van der Waals surface area contributed by atoms with Crippen molar-refractivity contribution in [3.63, 3.8) is 0 Å². The molecule has 1 aromatic heterocycles. The largest absolute Gasteiger partial charge is 0.334 e. The lowest BCUT2D eigenvalue weighted by Gasteiger charge is -2.23. The number of nitrogens with zero attached hydrogens (tertiary/aromatic N) is 2. The molecule has 1 atom stereocenters. The fourth-order valence-electron chi connectivity index (χ4n) is 2.71. The molecule has 0 saturated carbocycles. The van der Waals surface area contributed by atoms with Crippen molar-refractivity contribution in [2.24, 2.45) is 0 Å². The second-order valence-electron chi connectivity index (χ2n) is 4.82. The van der Waals surface area contributed by atoms with Crippen molar-refractivity contribution in [2.75, 3.05) is 12.4 Å². The van der Waals surface area contributed by atoms with E-state index in [4.69, 9.17) is 11.6 Å². The number of pyridine rings is 1. The average molecular weight is 275 g/mol. The predicted octanol–water partition coefficient (Wildman–Crippen LogP) is 3.08. The zero-order chi connectivity index (χ0) is 13.2. The smallest absolute Gasteiger partial charge is 0.254 e. The van der Waals surface area contributed by atoms with E-state index in [0.717, 1.165) is 35.9 Å². The van der Waals surface area contributed by atoms with Crippen molar-refractivity contribution < 1.29 is 4.79 Å². The highest BCUT2D eigenvalue weighted by Gasteiger charge is 2.29. The molecule has 0 N–H and O–H groups in total. The minimum Gasteiger partial charge on any atom is -0.334 e. The molecule has 98 valence electrons. The monoisotopic (exact) mass is 274 g/mol. The van der Waals surface area contributed by atoms with Crippen LogP contribution in [0.3, 0.4) is 0 Å². The number of halogens is 1. The molecule has 1 aliphatic heterocycles. The van der Waals surface area contributed by atoms with Crippen LogP contribution in [0.4, 0.5) is 0 Å². The molecule has 1 unspecified atom stereocenters. The quantitative estimate of drug-likeness (QED) is 0.789. The molecule has 1 aliphatic rings. The molecule has 3 rings (SSSR count). The van der Waals surface area contributed by atoms with Crippen molar-refractivity contribution in [3.05, 3.63) is 42.1 Å². The van der Waals surface area contributed by atoms with Gasteiger partial charge in [-0.25, -0.2) is 0 Å². The molecule has 0 spiro atoms. The highest BCUT2D eigenvalue weighted by molar-refractivity contribution is 6.18. The molecule has 4 heteroatoms. The number of carbonyl (C=O) groups excluding carboxylic acids is 1. The molecule has 0 bridgehead atoms. The standard InChI is InChI=1S/C15H15ClN2O/c16-10-11-4-3-9-18(11)15(19)13-5-1-7-14-12(13)6-2-8-17-14/h1-2,5-8,11H,3-4,9-10H2. The summed E-state index contributed by atoms with van der Waals surface area (Å²) in [4.78, 5) is 18.9. The minimum atomic E-state index is 0.0711. The Hall–Kier alpha value is -1.61. The van der Waals surface area contributed by atoms with Crippen LogP contribution in [0.25, 0.3) is 10.9 Å². The summed E-state index contributed by atoms with van der Waals surface area (Å²) in [6.07, 6.45) is 3.78. The van der Waals surface area contributed by atoms with E-state index in [1.54, 1.807) is 6.20 Å². The van der Waals surface area contributed by atoms with Crippen molar-refractivity contribution in [1.82, 2.24) is 9.88 Å². The number of carbonyl (C=O) groups is 1. The van der Waals surface area contributed by atoms with Crippen molar-refractivity contribution >= 4 is 28.4 Å². The molecule has 0 radical (unpaired) electrons. The van der Waals surface area contributed by atoms with Gasteiger partial charge >= 0.3 is 0 Å². The molecular formula is C15H15ClN2O. The maximum atomic E-state index is 12.7. The van der Waals surface area contributed by atoms with E-state index >= 15 is 0 Å². The van der Waals surface area contributed by atoms with Crippen LogP contribution >= 0.6 is 11.6 Å². The maximum absolute atomic E-state index is 12.7. The molecule has 1 amide bonds. The molecule has 0 aliphatic carbocycles. The van der Waals surface area contributed by atoms with E-state index in [1.165, 1.54) is 0 Å². The first-order chi connectivity index (χ1) is 9.31. The second kappa shape index (κ2) is 5.17. The number of likely N-dealkylation sites (tertiary alicyclic amines) is 1. The Balaban J connectivity index is 2.02. The summed E-state index contributed by atoms with van der Waals surface area (Å²) in [6.45, 7) is 0.798. The maximum Gasteiger partial charge on any atom is 0.254 e. The summed E-state index contributed by atoms with van der Waals surface area (Å²) >= 11 is 5.95. The number of rotatable bonds is 2. The topological polar surface area (TPSA) is 33.2 Å². The third kappa shape index (κ3) is 2.19. The van der Waals surface area contributed by atoms with Crippen LogP contribution in [-0.2, 0) is 0 Å². The molecule has 2 heterocycles. The van der Waals surface area contributed by atoms with Crippen LogP contribution in [0, 0.1) is 0 Å². The lowest BCUT2D eigenvalue weighted by Crippen LogP contribution is -2.36.